The number of anilines is 1. The van der Waals surface area contributed by atoms with E-state index in [0.29, 0.717) is 25.6 Å². The Morgan fingerprint density at radius 3 is 2.76 bits per heavy atom. The van der Waals surface area contributed by atoms with E-state index in [2.05, 4.69) is 81.1 Å². The van der Waals surface area contributed by atoms with Crippen LogP contribution in [0.3, 0.4) is 0 Å². The molecule has 3 aliphatic rings. The number of halogens is 2. The number of nitrogens with one attached hydrogen (secondary N) is 2. The molecule has 1 aromatic heterocycles. The van der Waals surface area contributed by atoms with Crippen LogP contribution >= 0.6 is 22.6 Å². The van der Waals surface area contributed by atoms with E-state index in [9.17, 15) is 9.18 Å². The molecule has 1 saturated heterocycles. The molecule has 2 N–H and O–H groups in total. The number of rotatable bonds is 8. The summed E-state index contributed by atoms with van der Waals surface area (Å²) in [5.74, 6) is 1.44. The average Bonchev–Trinajstić information content (AvgIpc) is 3.17. The van der Waals surface area contributed by atoms with E-state index < -0.39 is 0 Å². The van der Waals surface area contributed by atoms with Crippen molar-refractivity contribution in [1.82, 2.24) is 15.2 Å². The molecule has 38 heavy (non-hydrogen) atoms. The summed E-state index contributed by atoms with van der Waals surface area (Å²) >= 11 is 2.32. The number of carbonyl (C=O) groups excluding carboxylic acids is 1. The van der Waals surface area contributed by atoms with Crippen LogP contribution in [0, 0.1) is 9.49 Å². The molecule has 3 heterocycles. The molecule has 1 saturated carbocycles. The molecule has 0 radical (unpaired) electrons. The summed E-state index contributed by atoms with van der Waals surface area (Å²) < 4.78 is 14.0. The first-order valence-corrected chi connectivity index (χ1v) is 14.5. The molecule has 5 nitrogen and oxygen atoms in total. The summed E-state index contributed by atoms with van der Waals surface area (Å²) in [5.41, 5.74) is 7.65. The van der Waals surface area contributed by atoms with Gasteiger partial charge in [0.05, 0.1) is 0 Å². The number of nitrogens with zero attached hydrogens (tertiary/aromatic N) is 2. The summed E-state index contributed by atoms with van der Waals surface area (Å²) in [7, 11) is 0. The van der Waals surface area contributed by atoms with Gasteiger partial charge in [-0.2, -0.15) is 0 Å². The minimum Gasteiger partial charge on any atom is -0.366 e. The monoisotopic (exact) mass is 622 g/mol. The minimum absolute atomic E-state index is 0.00376. The van der Waals surface area contributed by atoms with Gasteiger partial charge in [0.1, 0.15) is 12.5 Å². The molecule has 2 atom stereocenters. The molecule has 2 aliphatic heterocycles. The van der Waals surface area contributed by atoms with Crippen LogP contribution in [-0.4, -0.2) is 55.2 Å². The zero-order chi connectivity index (χ0) is 26.3. The number of pyridine rings is 1. The summed E-state index contributed by atoms with van der Waals surface area (Å²) in [6, 6.07) is 15.3. The minimum atomic E-state index is -0.273. The van der Waals surface area contributed by atoms with Crippen LogP contribution in [0.15, 0.2) is 61.3 Å². The van der Waals surface area contributed by atoms with Gasteiger partial charge in [0, 0.05) is 64.6 Å². The molecule has 0 unspecified atom stereocenters. The zero-order valence-corrected chi connectivity index (χ0v) is 23.6. The van der Waals surface area contributed by atoms with E-state index in [1.165, 1.54) is 18.4 Å². The lowest BCUT2D eigenvalue weighted by Crippen LogP contribution is -2.43. The van der Waals surface area contributed by atoms with E-state index >= 15 is 0 Å². The normalized spacial score (nSPS) is 22.3. The Labute approximate surface area is 237 Å². The number of benzene rings is 2. The van der Waals surface area contributed by atoms with Gasteiger partial charge in [0.25, 0.3) is 5.91 Å². The summed E-state index contributed by atoms with van der Waals surface area (Å²) in [5, 5.41) is 6.33. The Bertz CT molecular complexity index is 1390. The molecule has 6 rings (SSSR count). The fourth-order valence-corrected chi connectivity index (χ4v) is 7.25. The molecule has 2 aromatic carbocycles. The van der Waals surface area contributed by atoms with Crippen molar-refractivity contribution >= 4 is 34.3 Å². The van der Waals surface area contributed by atoms with Gasteiger partial charge >= 0.3 is 0 Å². The Morgan fingerprint density at radius 1 is 1.18 bits per heavy atom. The molecule has 196 valence electrons. The fourth-order valence-electron chi connectivity index (χ4n) is 6.49. The van der Waals surface area contributed by atoms with E-state index in [-0.39, 0.29) is 18.0 Å². The van der Waals surface area contributed by atoms with Crippen molar-refractivity contribution in [2.45, 2.75) is 24.7 Å². The van der Waals surface area contributed by atoms with Crippen LogP contribution in [0.25, 0.3) is 22.3 Å². The van der Waals surface area contributed by atoms with Crippen molar-refractivity contribution in [3.63, 3.8) is 0 Å². The lowest BCUT2D eigenvalue weighted by atomic mass is 9.58. The number of aromatic nitrogens is 1. The largest absolute Gasteiger partial charge is 0.366 e. The molecule has 0 spiro atoms. The second-order valence-corrected chi connectivity index (χ2v) is 11.8. The van der Waals surface area contributed by atoms with Crippen molar-refractivity contribution in [1.29, 1.82) is 0 Å². The first kappa shape index (κ1) is 25.5. The first-order valence-electron chi connectivity index (χ1n) is 13.4. The van der Waals surface area contributed by atoms with Crippen molar-refractivity contribution in [2.75, 3.05) is 44.7 Å². The highest BCUT2D eigenvalue weighted by Crippen LogP contribution is 2.53. The third-order valence-corrected chi connectivity index (χ3v) is 9.50. The second-order valence-electron chi connectivity index (χ2n) is 10.7. The van der Waals surface area contributed by atoms with Crippen molar-refractivity contribution in [3.05, 3.63) is 81.6 Å². The summed E-state index contributed by atoms with van der Waals surface area (Å²) in [4.78, 5) is 19.5. The lowest BCUT2D eigenvalue weighted by Gasteiger charge is -2.45. The Kier molecular flexibility index (Phi) is 6.99. The number of likely N-dealkylation sites (tertiary alicyclic amines) is 1. The Balaban J connectivity index is 1.35. The smallest absolute Gasteiger partial charge is 0.251 e. The van der Waals surface area contributed by atoms with Crippen LogP contribution in [0.5, 0.6) is 0 Å². The molecule has 2 fully saturated rings. The fraction of sp³-hybridized carbons (Fsp3) is 0.355. The van der Waals surface area contributed by atoms with Crippen molar-refractivity contribution in [2.24, 2.45) is 5.92 Å². The number of carbonyl (C=O) groups is 1. The Hall–Kier alpha value is -2.78. The number of fused-ring (bicyclic) bond motifs is 2. The molecule has 1 aliphatic carbocycles. The standard InChI is InChI=1S/C31H32FIN4O/c1-2-11-34-29-27(26-14-21-8-12-35-30(38)25(21)16-28(26)33)15-22(17-36-29)20-3-5-23(6-4-20)31-9-7-24(31)18-37(19-31)13-10-32/h2-6,14-17,24H,1,7-13,18-19H2,(H,34,36)(H,35,38)/t24-,31+/m1/s1. The van der Waals surface area contributed by atoms with E-state index in [1.54, 1.807) is 0 Å². The van der Waals surface area contributed by atoms with Gasteiger partial charge in [-0.3, -0.25) is 9.69 Å². The molecule has 3 aromatic rings. The van der Waals surface area contributed by atoms with Gasteiger partial charge in [0.2, 0.25) is 0 Å². The SMILES string of the molecule is C=CCNc1ncc(-c2ccc([C@@]34CC[C@@H]3CN(CCF)C4)cc2)cc1-c1cc2c(cc1I)C(=O)NCC2. The summed E-state index contributed by atoms with van der Waals surface area (Å²) in [6.07, 6.45) is 6.99. The van der Waals surface area contributed by atoms with E-state index in [0.717, 1.165) is 62.3 Å². The predicted molar refractivity (Wildman–Crippen MR) is 159 cm³/mol. The second kappa shape index (κ2) is 10.4. The summed E-state index contributed by atoms with van der Waals surface area (Å²) in [6.45, 7) is 7.36. The predicted octanol–water partition coefficient (Wildman–Crippen LogP) is 5.84. The van der Waals surface area contributed by atoms with Crippen LogP contribution in [-0.2, 0) is 11.8 Å². The van der Waals surface area contributed by atoms with Gasteiger partial charge in [-0.25, -0.2) is 9.37 Å². The highest BCUT2D eigenvalue weighted by atomic mass is 127. The number of hydrogen-bond donors (Lipinski definition) is 2. The number of alkyl halides is 1. The maximum absolute atomic E-state index is 13.0. The highest BCUT2D eigenvalue weighted by Gasteiger charge is 2.53. The van der Waals surface area contributed by atoms with Crippen LogP contribution in [0.1, 0.15) is 34.3 Å². The lowest BCUT2D eigenvalue weighted by molar-refractivity contribution is 0.0946. The van der Waals surface area contributed by atoms with Crippen LogP contribution in [0.2, 0.25) is 0 Å². The topological polar surface area (TPSA) is 57.3 Å². The number of hydrogen-bond acceptors (Lipinski definition) is 4. The molecule has 7 heteroatoms. The van der Waals surface area contributed by atoms with Gasteiger partial charge in [-0.1, -0.05) is 30.3 Å². The first-order chi connectivity index (χ1) is 18.5. The third-order valence-electron chi connectivity index (χ3n) is 8.61. The van der Waals surface area contributed by atoms with Crippen molar-refractivity contribution in [3.8, 4) is 22.3 Å². The van der Waals surface area contributed by atoms with Gasteiger partial charge in [-0.15, -0.1) is 6.58 Å². The van der Waals surface area contributed by atoms with E-state index in [4.69, 9.17) is 4.98 Å². The zero-order valence-electron chi connectivity index (χ0n) is 21.4. The van der Waals surface area contributed by atoms with Gasteiger partial charge in [0.15, 0.2) is 0 Å². The van der Waals surface area contributed by atoms with Crippen molar-refractivity contribution < 1.29 is 9.18 Å². The van der Waals surface area contributed by atoms with Gasteiger partial charge < -0.3 is 10.6 Å². The molecule has 0 bridgehead atoms. The average molecular weight is 623 g/mol. The highest BCUT2D eigenvalue weighted by molar-refractivity contribution is 14.1. The molecule has 1 amide bonds. The van der Waals surface area contributed by atoms with Crippen LogP contribution in [0.4, 0.5) is 10.2 Å². The quantitative estimate of drug-likeness (QED) is 0.245. The van der Waals surface area contributed by atoms with Gasteiger partial charge in [-0.05, 0) is 88.2 Å². The van der Waals surface area contributed by atoms with Crippen LogP contribution < -0.4 is 10.6 Å². The van der Waals surface area contributed by atoms with E-state index in [1.807, 2.05) is 18.3 Å². The Morgan fingerprint density at radius 2 is 2.03 bits per heavy atom. The maximum Gasteiger partial charge on any atom is 0.251 e. The molecular formula is C31H32FIN4O. The third kappa shape index (κ3) is 4.43. The molecular weight excluding hydrogens is 590 g/mol. The number of amides is 1. The maximum atomic E-state index is 13.0.